The van der Waals surface area contributed by atoms with Crippen LogP contribution in [0.25, 0.3) is 0 Å². The normalized spacial score (nSPS) is 19.8. The van der Waals surface area contributed by atoms with Gasteiger partial charge in [0.25, 0.3) is 5.91 Å². The van der Waals surface area contributed by atoms with E-state index in [-0.39, 0.29) is 16.8 Å². The highest BCUT2D eigenvalue weighted by atomic mass is 32.2. The maximum atomic E-state index is 12.5. The first-order valence-corrected chi connectivity index (χ1v) is 8.74. The molecule has 2 rings (SSSR count). The van der Waals surface area contributed by atoms with Gasteiger partial charge in [-0.3, -0.25) is 4.79 Å². The van der Waals surface area contributed by atoms with Crippen LogP contribution in [0.15, 0.2) is 29.2 Å². The fourth-order valence-electron chi connectivity index (χ4n) is 2.37. The first kappa shape index (κ1) is 16.0. The molecule has 1 unspecified atom stereocenters. The number of piperazine rings is 1. The van der Waals surface area contributed by atoms with Gasteiger partial charge in [-0.15, -0.1) is 0 Å². The standard InChI is InChI=1S/C15H22N2O3S/c1-11(2)21(19,20)14-6-4-13(5-7-14)15(18)17-9-8-16-10-12(17)3/h4-7,11-12,16H,8-10H2,1-3H3. The van der Waals surface area contributed by atoms with Crippen LogP contribution in [0.5, 0.6) is 0 Å². The van der Waals surface area contributed by atoms with Gasteiger partial charge in [-0.1, -0.05) is 0 Å². The number of sulfone groups is 1. The van der Waals surface area contributed by atoms with Crippen molar-refractivity contribution in [2.24, 2.45) is 0 Å². The third-order valence-corrected chi connectivity index (χ3v) is 5.98. The Labute approximate surface area is 126 Å². The molecule has 6 heteroatoms. The zero-order valence-corrected chi connectivity index (χ0v) is 13.5. The predicted octanol–water partition coefficient (Wildman–Crippen LogP) is 1.30. The van der Waals surface area contributed by atoms with Crippen molar-refractivity contribution >= 4 is 15.7 Å². The maximum absolute atomic E-state index is 12.5. The van der Waals surface area contributed by atoms with Gasteiger partial charge < -0.3 is 10.2 Å². The number of rotatable bonds is 3. The topological polar surface area (TPSA) is 66.5 Å². The van der Waals surface area contributed by atoms with Crippen molar-refractivity contribution in [2.45, 2.75) is 37.0 Å². The Morgan fingerprint density at radius 2 is 1.90 bits per heavy atom. The van der Waals surface area contributed by atoms with E-state index in [1.165, 1.54) is 12.1 Å². The molecular weight excluding hydrogens is 288 g/mol. The lowest BCUT2D eigenvalue weighted by molar-refractivity contribution is 0.0655. The van der Waals surface area contributed by atoms with E-state index in [9.17, 15) is 13.2 Å². The second-order valence-corrected chi connectivity index (χ2v) is 8.17. The van der Waals surface area contributed by atoms with Gasteiger partial charge in [-0.05, 0) is 45.0 Å². The highest BCUT2D eigenvalue weighted by molar-refractivity contribution is 7.92. The van der Waals surface area contributed by atoms with Crippen molar-refractivity contribution in [1.29, 1.82) is 0 Å². The van der Waals surface area contributed by atoms with E-state index in [0.29, 0.717) is 12.1 Å². The van der Waals surface area contributed by atoms with E-state index < -0.39 is 15.1 Å². The lowest BCUT2D eigenvalue weighted by Gasteiger charge is -2.34. The molecule has 1 fully saturated rings. The summed E-state index contributed by atoms with van der Waals surface area (Å²) in [7, 11) is -3.29. The minimum atomic E-state index is -3.29. The molecule has 0 radical (unpaired) electrons. The molecule has 1 aromatic rings. The van der Waals surface area contributed by atoms with Crippen molar-refractivity contribution in [1.82, 2.24) is 10.2 Å². The summed E-state index contributed by atoms with van der Waals surface area (Å²) in [5.74, 6) is -0.0440. The molecule has 0 spiro atoms. The van der Waals surface area contributed by atoms with Crippen molar-refractivity contribution < 1.29 is 13.2 Å². The maximum Gasteiger partial charge on any atom is 0.254 e. The van der Waals surface area contributed by atoms with Gasteiger partial charge in [0.05, 0.1) is 10.1 Å². The molecule has 1 N–H and O–H groups in total. The van der Waals surface area contributed by atoms with Crippen LogP contribution < -0.4 is 5.32 Å². The van der Waals surface area contributed by atoms with Crippen LogP contribution in [0.2, 0.25) is 0 Å². The van der Waals surface area contributed by atoms with Gasteiger partial charge >= 0.3 is 0 Å². The third-order valence-electron chi connectivity index (χ3n) is 3.81. The second kappa shape index (κ2) is 6.15. The Morgan fingerprint density at radius 3 is 2.43 bits per heavy atom. The summed E-state index contributed by atoms with van der Waals surface area (Å²) >= 11 is 0. The molecule has 5 nitrogen and oxygen atoms in total. The third kappa shape index (κ3) is 3.27. The molecular formula is C15H22N2O3S. The molecule has 1 amide bonds. The lowest BCUT2D eigenvalue weighted by atomic mass is 10.1. The van der Waals surface area contributed by atoms with Gasteiger partial charge in [-0.2, -0.15) is 0 Å². The minimum Gasteiger partial charge on any atom is -0.333 e. The second-order valence-electron chi connectivity index (χ2n) is 5.67. The first-order chi connectivity index (χ1) is 9.84. The minimum absolute atomic E-state index is 0.0440. The van der Waals surface area contributed by atoms with Gasteiger partial charge in [0.2, 0.25) is 0 Å². The lowest BCUT2D eigenvalue weighted by Crippen LogP contribution is -2.52. The Kier molecular flexibility index (Phi) is 4.68. The Balaban J connectivity index is 2.21. The molecule has 21 heavy (non-hydrogen) atoms. The Morgan fingerprint density at radius 1 is 1.29 bits per heavy atom. The van der Waals surface area contributed by atoms with Gasteiger partial charge in [0.15, 0.2) is 9.84 Å². The quantitative estimate of drug-likeness (QED) is 0.914. The number of amides is 1. The molecule has 0 aromatic heterocycles. The summed E-state index contributed by atoms with van der Waals surface area (Å²) < 4.78 is 24.1. The summed E-state index contributed by atoms with van der Waals surface area (Å²) in [6.45, 7) is 7.54. The summed E-state index contributed by atoms with van der Waals surface area (Å²) in [4.78, 5) is 14.5. The molecule has 1 saturated heterocycles. The van der Waals surface area contributed by atoms with E-state index in [4.69, 9.17) is 0 Å². The molecule has 116 valence electrons. The fourth-order valence-corrected chi connectivity index (χ4v) is 3.43. The van der Waals surface area contributed by atoms with Crippen molar-refractivity contribution in [3.05, 3.63) is 29.8 Å². The molecule has 0 saturated carbocycles. The van der Waals surface area contributed by atoms with Crippen LogP contribution in [0, 0.1) is 0 Å². The average Bonchev–Trinajstić information content (AvgIpc) is 2.47. The van der Waals surface area contributed by atoms with Crippen LogP contribution in [-0.2, 0) is 9.84 Å². The molecule has 1 aliphatic heterocycles. The number of hydrogen-bond donors (Lipinski definition) is 1. The highest BCUT2D eigenvalue weighted by Crippen LogP contribution is 2.18. The zero-order chi connectivity index (χ0) is 15.6. The largest absolute Gasteiger partial charge is 0.333 e. The number of carbonyl (C=O) groups excluding carboxylic acids is 1. The van der Waals surface area contributed by atoms with E-state index in [2.05, 4.69) is 5.32 Å². The SMILES string of the molecule is CC1CNCCN1C(=O)c1ccc(S(=O)(=O)C(C)C)cc1. The summed E-state index contributed by atoms with van der Waals surface area (Å²) in [5.41, 5.74) is 0.534. The number of hydrogen-bond acceptors (Lipinski definition) is 4. The van der Waals surface area contributed by atoms with E-state index in [1.807, 2.05) is 11.8 Å². The summed E-state index contributed by atoms with van der Waals surface area (Å²) in [6, 6.07) is 6.40. The van der Waals surface area contributed by atoms with E-state index in [1.54, 1.807) is 26.0 Å². The number of nitrogens with one attached hydrogen (secondary N) is 1. The van der Waals surface area contributed by atoms with Gasteiger partial charge in [-0.25, -0.2) is 8.42 Å². The van der Waals surface area contributed by atoms with Crippen LogP contribution in [0.3, 0.4) is 0 Å². The highest BCUT2D eigenvalue weighted by Gasteiger charge is 2.25. The first-order valence-electron chi connectivity index (χ1n) is 7.19. The number of benzene rings is 1. The van der Waals surface area contributed by atoms with Crippen LogP contribution in [-0.4, -0.2) is 50.2 Å². The van der Waals surface area contributed by atoms with E-state index >= 15 is 0 Å². The molecule has 1 atom stereocenters. The molecule has 0 aliphatic carbocycles. The van der Waals surface area contributed by atoms with Crippen LogP contribution >= 0.6 is 0 Å². The van der Waals surface area contributed by atoms with Crippen LogP contribution in [0.1, 0.15) is 31.1 Å². The van der Waals surface area contributed by atoms with Gasteiger partial charge in [0.1, 0.15) is 0 Å². The van der Waals surface area contributed by atoms with Crippen molar-refractivity contribution in [2.75, 3.05) is 19.6 Å². The predicted molar refractivity (Wildman–Crippen MR) is 82.1 cm³/mol. The molecule has 1 aromatic carbocycles. The summed E-state index contributed by atoms with van der Waals surface area (Å²) in [5, 5.41) is 2.77. The number of carbonyl (C=O) groups is 1. The average molecular weight is 310 g/mol. The Hall–Kier alpha value is -1.40. The fraction of sp³-hybridized carbons (Fsp3) is 0.533. The van der Waals surface area contributed by atoms with Crippen molar-refractivity contribution in [3.8, 4) is 0 Å². The van der Waals surface area contributed by atoms with Crippen molar-refractivity contribution in [3.63, 3.8) is 0 Å². The van der Waals surface area contributed by atoms with E-state index in [0.717, 1.165) is 13.1 Å². The zero-order valence-electron chi connectivity index (χ0n) is 12.7. The molecule has 1 heterocycles. The van der Waals surface area contributed by atoms with Crippen LogP contribution in [0.4, 0.5) is 0 Å². The smallest absolute Gasteiger partial charge is 0.254 e. The van der Waals surface area contributed by atoms with Gasteiger partial charge in [0, 0.05) is 31.2 Å². The molecule has 0 bridgehead atoms. The summed E-state index contributed by atoms with van der Waals surface area (Å²) in [6.07, 6.45) is 0. The Bertz CT molecular complexity index is 608. The number of nitrogens with zero attached hydrogens (tertiary/aromatic N) is 1. The molecule has 1 aliphatic rings. The monoisotopic (exact) mass is 310 g/mol.